The molecule has 1 aliphatic rings. The summed E-state index contributed by atoms with van der Waals surface area (Å²) in [7, 11) is 0. The van der Waals surface area contributed by atoms with Crippen molar-refractivity contribution in [2.24, 2.45) is 5.92 Å². The molecule has 5 heteroatoms. The van der Waals surface area contributed by atoms with E-state index in [1.807, 2.05) is 13.8 Å². The quantitative estimate of drug-likeness (QED) is 0.582. The van der Waals surface area contributed by atoms with Crippen LogP contribution in [0.4, 0.5) is 4.39 Å². The first kappa shape index (κ1) is 18.9. The van der Waals surface area contributed by atoms with E-state index < -0.39 is 11.9 Å². The van der Waals surface area contributed by atoms with Crippen LogP contribution >= 0.6 is 0 Å². The number of carbonyl (C=O) groups is 2. The zero-order valence-corrected chi connectivity index (χ0v) is 14.9. The van der Waals surface area contributed by atoms with Crippen LogP contribution in [0.3, 0.4) is 0 Å². The Kier molecular flexibility index (Phi) is 6.12. The van der Waals surface area contributed by atoms with Crippen molar-refractivity contribution in [3.8, 4) is 0 Å². The lowest BCUT2D eigenvalue weighted by molar-refractivity contribution is -0.141. The van der Waals surface area contributed by atoms with Gasteiger partial charge in [0.25, 0.3) is 0 Å². The molecule has 134 valence electrons. The fraction of sp³-hybridized carbons (Fsp3) is 0.400. The van der Waals surface area contributed by atoms with Gasteiger partial charge in [-0.05, 0) is 30.5 Å². The molecular weight excluding hydrogens is 321 g/mol. The van der Waals surface area contributed by atoms with Crippen LogP contribution in [0, 0.1) is 11.7 Å². The highest BCUT2D eigenvalue weighted by molar-refractivity contribution is 5.95. The topological polar surface area (TPSA) is 46.6 Å². The van der Waals surface area contributed by atoms with Crippen molar-refractivity contribution in [1.29, 1.82) is 0 Å². The molecule has 1 atom stereocenters. The van der Waals surface area contributed by atoms with Gasteiger partial charge in [-0.3, -0.25) is 4.79 Å². The molecule has 1 heterocycles. The predicted molar refractivity (Wildman–Crippen MR) is 94.2 cm³/mol. The normalized spacial score (nSPS) is 17.9. The summed E-state index contributed by atoms with van der Waals surface area (Å²) >= 11 is 0. The lowest BCUT2D eigenvalue weighted by Crippen LogP contribution is -2.38. The molecule has 0 aliphatic carbocycles. The van der Waals surface area contributed by atoms with Gasteiger partial charge in [0, 0.05) is 24.6 Å². The molecule has 2 rings (SSSR count). The number of amides is 1. The van der Waals surface area contributed by atoms with E-state index >= 15 is 0 Å². The molecular formula is C20H24FNO3. The molecule has 1 aromatic carbocycles. The molecule has 25 heavy (non-hydrogen) atoms. The van der Waals surface area contributed by atoms with Crippen molar-refractivity contribution in [3.63, 3.8) is 0 Å². The van der Waals surface area contributed by atoms with Crippen molar-refractivity contribution in [2.75, 3.05) is 13.2 Å². The third-order valence-corrected chi connectivity index (χ3v) is 4.17. The number of benzene rings is 1. The van der Waals surface area contributed by atoms with E-state index in [0.717, 1.165) is 5.56 Å². The first-order chi connectivity index (χ1) is 11.8. The van der Waals surface area contributed by atoms with Gasteiger partial charge < -0.3 is 9.64 Å². The third-order valence-electron chi connectivity index (χ3n) is 4.17. The van der Waals surface area contributed by atoms with Gasteiger partial charge in [-0.2, -0.15) is 0 Å². The lowest BCUT2D eigenvalue weighted by atomic mass is 9.83. The Balaban J connectivity index is 2.44. The smallest absolute Gasteiger partial charge is 0.336 e. The van der Waals surface area contributed by atoms with Crippen LogP contribution in [-0.2, 0) is 14.3 Å². The first-order valence-electron chi connectivity index (χ1n) is 8.39. The van der Waals surface area contributed by atoms with Gasteiger partial charge in [0.1, 0.15) is 5.82 Å². The number of esters is 1. The highest BCUT2D eigenvalue weighted by atomic mass is 19.1. The highest BCUT2D eigenvalue weighted by Gasteiger charge is 2.36. The highest BCUT2D eigenvalue weighted by Crippen LogP contribution is 2.37. The van der Waals surface area contributed by atoms with Crippen molar-refractivity contribution in [1.82, 2.24) is 4.90 Å². The van der Waals surface area contributed by atoms with E-state index in [-0.39, 0.29) is 24.1 Å². The van der Waals surface area contributed by atoms with Gasteiger partial charge in [0.05, 0.1) is 12.2 Å². The number of hydrogen-bond acceptors (Lipinski definition) is 3. The van der Waals surface area contributed by atoms with Crippen LogP contribution in [0.25, 0.3) is 0 Å². The predicted octanol–water partition coefficient (Wildman–Crippen LogP) is 3.80. The van der Waals surface area contributed by atoms with Crippen LogP contribution in [0.2, 0.25) is 0 Å². The van der Waals surface area contributed by atoms with Crippen molar-refractivity contribution in [3.05, 3.63) is 59.6 Å². The number of nitrogens with zero attached hydrogens (tertiary/aromatic N) is 1. The second-order valence-corrected chi connectivity index (χ2v) is 6.59. The Hall–Kier alpha value is -2.43. The summed E-state index contributed by atoms with van der Waals surface area (Å²) in [6, 6.07) is 5.89. The zero-order valence-electron chi connectivity index (χ0n) is 14.9. The second-order valence-electron chi connectivity index (χ2n) is 6.59. The average molecular weight is 345 g/mol. The molecule has 1 aliphatic heterocycles. The monoisotopic (exact) mass is 345 g/mol. The van der Waals surface area contributed by atoms with Gasteiger partial charge in [-0.15, -0.1) is 6.58 Å². The number of hydrogen-bond donors (Lipinski definition) is 0. The van der Waals surface area contributed by atoms with Crippen LogP contribution in [-0.4, -0.2) is 29.9 Å². The second kappa shape index (κ2) is 8.10. The number of rotatable bonds is 6. The maximum atomic E-state index is 13.2. The van der Waals surface area contributed by atoms with E-state index in [4.69, 9.17) is 4.74 Å². The Bertz CT molecular complexity index is 691. The van der Waals surface area contributed by atoms with E-state index in [0.29, 0.717) is 24.4 Å². The molecule has 1 amide bonds. The van der Waals surface area contributed by atoms with E-state index in [2.05, 4.69) is 6.58 Å². The minimum atomic E-state index is -0.436. The van der Waals surface area contributed by atoms with Gasteiger partial charge >= 0.3 is 5.97 Å². The van der Waals surface area contributed by atoms with Crippen molar-refractivity contribution in [2.45, 2.75) is 33.1 Å². The molecule has 4 nitrogen and oxygen atoms in total. The maximum Gasteiger partial charge on any atom is 0.336 e. The van der Waals surface area contributed by atoms with Gasteiger partial charge in [-0.1, -0.05) is 32.1 Å². The Labute approximate surface area is 148 Å². The summed E-state index contributed by atoms with van der Waals surface area (Å²) in [6.45, 7) is 9.96. The first-order valence-corrected chi connectivity index (χ1v) is 8.39. The molecule has 0 spiro atoms. The minimum absolute atomic E-state index is 0.0906. The molecule has 0 N–H and O–H groups in total. The third kappa shape index (κ3) is 4.35. The van der Waals surface area contributed by atoms with Gasteiger partial charge in [0.2, 0.25) is 5.91 Å². The molecule has 1 aromatic rings. The summed E-state index contributed by atoms with van der Waals surface area (Å²) in [5.74, 6) is -1.10. The molecule has 0 bridgehead atoms. The number of carbonyl (C=O) groups excluding carboxylic acids is 2. The van der Waals surface area contributed by atoms with Gasteiger partial charge in [0.15, 0.2) is 0 Å². The van der Waals surface area contributed by atoms with Crippen molar-refractivity contribution < 1.29 is 18.7 Å². The number of ether oxygens (including phenoxy) is 1. The van der Waals surface area contributed by atoms with Crippen LogP contribution < -0.4 is 0 Å². The molecule has 0 aromatic heterocycles. The molecule has 0 radical (unpaired) electrons. The minimum Gasteiger partial charge on any atom is -0.462 e. The summed E-state index contributed by atoms with van der Waals surface area (Å²) in [6.07, 6.45) is 1.76. The Morgan fingerprint density at radius 3 is 2.60 bits per heavy atom. The Morgan fingerprint density at radius 1 is 1.40 bits per heavy atom. The lowest BCUT2D eigenvalue weighted by Gasteiger charge is -2.34. The summed E-state index contributed by atoms with van der Waals surface area (Å²) in [5.41, 5.74) is 1.75. The maximum absolute atomic E-state index is 13.2. The van der Waals surface area contributed by atoms with Gasteiger partial charge in [-0.25, -0.2) is 9.18 Å². The summed E-state index contributed by atoms with van der Waals surface area (Å²) < 4.78 is 18.7. The number of allylic oxidation sites excluding steroid dienone is 1. The standard InChI is InChI=1S/C20H24FNO3/c1-5-10-22-14(4)19(20(24)25-12-13(2)3)17(11-18(22)23)15-6-8-16(21)9-7-15/h5-9,13,17H,1,10-12H2,2-4H3. The summed E-state index contributed by atoms with van der Waals surface area (Å²) in [5, 5.41) is 0. The zero-order chi connectivity index (χ0) is 18.6. The Morgan fingerprint density at radius 2 is 2.04 bits per heavy atom. The molecule has 1 unspecified atom stereocenters. The molecule has 0 saturated heterocycles. The van der Waals surface area contributed by atoms with Crippen LogP contribution in [0.15, 0.2) is 48.2 Å². The average Bonchev–Trinajstić information content (AvgIpc) is 2.56. The van der Waals surface area contributed by atoms with Crippen LogP contribution in [0.5, 0.6) is 0 Å². The number of halogens is 1. The van der Waals surface area contributed by atoms with Crippen LogP contribution in [0.1, 0.15) is 38.7 Å². The SMILES string of the molecule is C=CCN1C(=O)CC(c2ccc(F)cc2)C(C(=O)OCC(C)C)=C1C. The largest absolute Gasteiger partial charge is 0.462 e. The molecule has 0 saturated carbocycles. The fourth-order valence-electron chi connectivity index (χ4n) is 2.93. The van der Waals surface area contributed by atoms with Crippen molar-refractivity contribution >= 4 is 11.9 Å². The fourth-order valence-corrected chi connectivity index (χ4v) is 2.93. The van der Waals surface area contributed by atoms with E-state index in [1.165, 1.54) is 12.1 Å². The van der Waals surface area contributed by atoms with E-state index in [9.17, 15) is 14.0 Å². The summed E-state index contributed by atoms with van der Waals surface area (Å²) in [4.78, 5) is 26.7. The van der Waals surface area contributed by atoms with E-state index in [1.54, 1.807) is 30.0 Å². The molecule has 0 fully saturated rings.